The molecule has 0 aromatic rings. The van der Waals surface area contributed by atoms with Gasteiger partial charge in [-0.05, 0) is 0 Å². The van der Waals surface area contributed by atoms with Crippen LogP contribution in [0.2, 0.25) is 0 Å². The van der Waals surface area contributed by atoms with Gasteiger partial charge >= 0.3 is 0 Å². The number of hydrogen-bond donors (Lipinski definition) is 0. The molecular formula is AsBiOPSSb. The van der Waals surface area contributed by atoms with Gasteiger partial charge in [0.15, 0.2) is 0 Å². The van der Waals surface area contributed by atoms with Crippen molar-refractivity contribution < 1.29 is 5.48 Å². The third kappa shape index (κ3) is 28.0. The van der Waals surface area contributed by atoms with E-state index < -0.39 is 0 Å². The van der Waals surface area contributed by atoms with Gasteiger partial charge in [0.1, 0.15) is 0 Å². The molecular weight excluding hydrogens is 485 g/mol. The van der Waals surface area contributed by atoms with Gasteiger partial charge in [-0.3, -0.25) is 0 Å². The third-order valence-corrected chi connectivity index (χ3v) is 0. The molecule has 0 aromatic carbocycles. The van der Waals surface area contributed by atoms with Crippen molar-refractivity contribution in [1.29, 1.82) is 0 Å². The van der Waals surface area contributed by atoms with Crippen molar-refractivity contribution in [2.24, 2.45) is 0 Å². The van der Waals surface area contributed by atoms with E-state index in [4.69, 9.17) is 0 Å². The summed E-state index contributed by atoms with van der Waals surface area (Å²) in [6.45, 7) is 0. The molecule has 0 N–H and O–H groups in total. The van der Waals surface area contributed by atoms with Crippen LogP contribution in [0.1, 0.15) is 0 Å². The van der Waals surface area contributed by atoms with Crippen LogP contribution in [0.25, 0.3) is 0 Å². The standard InChI is InChI=1S/As.Bi.O.P.S.Sb. The summed E-state index contributed by atoms with van der Waals surface area (Å²) in [5.74, 6) is 0. The topological polar surface area (TPSA) is 28.5 Å². The summed E-state index contributed by atoms with van der Waals surface area (Å²) < 4.78 is 0. The van der Waals surface area contributed by atoms with Crippen LogP contribution < -0.4 is 0 Å². The van der Waals surface area contributed by atoms with Crippen molar-refractivity contribution in [2.75, 3.05) is 0 Å². The first-order valence-electron chi connectivity index (χ1n) is 0. The summed E-state index contributed by atoms with van der Waals surface area (Å²) in [6.07, 6.45) is 0. The molecule has 0 aliphatic carbocycles. The molecule has 0 atom stereocenters. The Morgan fingerprint density at radius 3 is 1.00 bits per heavy atom. The second kappa shape index (κ2) is 43.6. The fourth-order valence-corrected chi connectivity index (χ4v) is 0. The van der Waals surface area contributed by atoms with Crippen LogP contribution >= 0.6 is 23.4 Å². The minimum absolute atomic E-state index is 0. The number of rotatable bonds is 0. The molecule has 0 heterocycles. The van der Waals surface area contributed by atoms with Crippen molar-refractivity contribution in [3.8, 4) is 0 Å². The summed E-state index contributed by atoms with van der Waals surface area (Å²) in [5.41, 5.74) is 0. The van der Waals surface area contributed by atoms with Crippen LogP contribution in [0.4, 0.5) is 0 Å². The molecule has 32 valence electrons. The monoisotopic (exact) mass is 484 g/mol. The van der Waals surface area contributed by atoms with Gasteiger partial charge < -0.3 is 0 Å². The molecule has 0 aliphatic rings. The van der Waals surface area contributed by atoms with E-state index >= 15 is 0 Å². The summed E-state index contributed by atoms with van der Waals surface area (Å²) in [6, 6.07) is 0. The maximum Gasteiger partial charge on any atom is 0 e. The van der Waals surface area contributed by atoms with Gasteiger partial charge in [0.05, 0.1) is 0 Å². The fourth-order valence-electron chi connectivity index (χ4n) is 0. The molecule has 0 unspecified atom stereocenters. The number of hydrogen-bond acceptors (Lipinski definition) is 0. The van der Waals surface area contributed by atoms with E-state index in [1.54, 1.807) is 0 Å². The average Bonchev–Trinajstić information content (AvgIpc) is 0. The fraction of sp³-hybridized carbons (Fsp3) is 0. The maximum absolute atomic E-state index is 0. The molecule has 6 heavy (non-hydrogen) atoms. The van der Waals surface area contributed by atoms with Gasteiger partial charge in [0.2, 0.25) is 0 Å². The van der Waals surface area contributed by atoms with E-state index in [0.717, 1.165) is 0 Å². The molecule has 0 saturated carbocycles. The van der Waals surface area contributed by atoms with E-state index in [0.29, 0.717) is 0 Å². The zero-order valence-corrected chi connectivity index (χ0v) is 12.2. The Morgan fingerprint density at radius 2 is 1.00 bits per heavy atom. The van der Waals surface area contributed by atoms with E-state index in [1.807, 2.05) is 0 Å². The Bertz CT molecular complexity index is 15.5. The SMILES string of the molecule is [As].[Bi].[O].[P].[S].[Sb]. The van der Waals surface area contributed by atoms with E-state index in [-0.39, 0.29) is 97.5 Å². The first-order valence-corrected chi connectivity index (χ1v) is 0. The van der Waals surface area contributed by atoms with Crippen LogP contribution in [0, 0.1) is 0 Å². The molecule has 0 amide bonds. The predicted octanol–water partition coefficient (Wildman–Crippen LogP) is 0.248. The van der Waals surface area contributed by atoms with E-state index in [9.17, 15) is 0 Å². The quantitative estimate of drug-likeness (QED) is 0.349. The van der Waals surface area contributed by atoms with Crippen LogP contribution in [0.5, 0.6) is 0 Å². The predicted molar refractivity (Wildman–Crippen MR) is 32.5 cm³/mol. The Balaban J connectivity index is 0. The van der Waals surface area contributed by atoms with Crippen molar-refractivity contribution in [3.05, 3.63) is 0 Å². The molecule has 0 spiro atoms. The molecule has 0 bridgehead atoms. The van der Waals surface area contributed by atoms with E-state index in [2.05, 4.69) is 0 Å². The second-order valence-corrected chi connectivity index (χ2v) is 0. The smallest absolute Gasteiger partial charge is 0 e. The van der Waals surface area contributed by atoms with Gasteiger partial charge in [-0.25, -0.2) is 0 Å². The van der Waals surface area contributed by atoms with Crippen LogP contribution in [0.15, 0.2) is 0 Å². The zero-order valence-electron chi connectivity index (χ0n) is 2.61. The third-order valence-electron chi connectivity index (χ3n) is 0. The van der Waals surface area contributed by atoms with Crippen molar-refractivity contribution >= 4 is 92.0 Å². The van der Waals surface area contributed by atoms with Crippen molar-refractivity contribution in [3.63, 3.8) is 0 Å². The van der Waals surface area contributed by atoms with Crippen LogP contribution in [-0.4, -0.2) is 68.6 Å². The molecule has 0 aliphatic heterocycles. The molecule has 16 radical (unpaired) electrons. The van der Waals surface area contributed by atoms with Gasteiger partial charge in [0.25, 0.3) is 0 Å². The Labute approximate surface area is 96.0 Å². The second-order valence-electron chi connectivity index (χ2n) is 0. The average molecular weight is 485 g/mol. The molecule has 1 nitrogen and oxygen atoms in total. The summed E-state index contributed by atoms with van der Waals surface area (Å²) >= 11 is 0. The molecule has 0 saturated heterocycles. The van der Waals surface area contributed by atoms with Gasteiger partial charge in [-0.15, -0.1) is 0 Å². The van der Waals surface area contributed by atoms with Gasteiger partial charge in [-0.2, -0.15) is 0 Å². The summed E-state index contributed by atoms with van der Waals surface area (Å²) in [5, 5.41) is 0. The van der Waals surface area contributed by atoms with Crippen molar-refractivity contribution in [1.82, 2.24) is 0 Å². The van der Waals surface area contributed by atoms with Gasteiger partial charge in [0, 0.05) is 97.5 Å². The normalized spacial score (nSPS) is 0. The summed E-state index contributed by atoms with van der Waals surface area (Å²) in [7, 11) is 0. The first kappa shape index (κ1) is 64.0. The van der Waals surface area contributed by atoms with E-state index in [1.165, 1.54) is 0 Å². The minimum atomic E-state index is 0. The Morgan fingerprint density at radius 1 is 1.00 bits per heavy atom. The minimum Gasteiger partial charge on any atom is 0 e. The molecule has 0 rings (SSSR count). The van der Waals surface area contributed by atoms with Crippen molar-refractivity contribution in [2.45, 2.75) is 0 Å². The van der Waals surface area contributed by atoms with Crippen LogP contribution in [-0.2, 0) is 5.48 Å². The van der Waals surface area contributed by atoms with Gasteiger partial charge in [-0.1, -0.05) is 0 Å². The molecule has 6 heteroatoms. The molecule has 0 aromatic heterocycles. The van der Waals surface area contributed by atoms with Crippen LogP contribution in [0.3, 0.4) is 0 Å². The maximum atomic E-state index is 0. The zero-order chi connectivity index (χ0) is 0. The first-order chi connectivity index (χ1) is 0. The summed E-state index contributed by atoms with van der Waals surface area (Å²) in [4.78, 5) is 0. The largest absolute Gasteiger partial charge is 0 e. The molecule has 0 fully saturated rings. The Hall–Kier alpha value is 3.00. The Kier molecular flexibility index (Phi) is 465.